The van der Waals surface area contributed by atoms with Gasteiger partial charge in [0.2, 0.25) is 0 Å². The highest BCUT2D eigenvalue weighted by Gasteiger charge is 2.23. The number of nitrogens with one attached hydrogen (secondary N) is 1. The fourth-order valence-electron chi connectivity index (χ4n) is 3.71. The van der Waals surface area contributed by atoms with Crippen LogP contribution in [-0.4, -0.2) is 49.2 Å². The minimum atomic E-state index is -0.673. The number of ether oxygens (including phenoxy) is 1. The normalized spacial score (nSPS) is 13.9. The number of aryl methyl sites for hydroxylation is 1. The Morgan fingerprint density at radius 2 is 1.88 bits per heavy atom. The molecule has 1 aliphatic rings. The maximum atomic E-state index is 13.8. The summed E-state index contributed by atoms with van der Waals surface area (Å²) < 4.78 is 38.6. The Bertz CT molecular complexity index is 1090. The van der Waals surface area contributed by atoms with Crippen molar-refractivity contribution in [1.29, 1.82) is 0 Å². The first-order valence-corrected chi connectivity index (χ1v) is 10.3. The topological polar surface area (TPSA) is 70.8 Å². The molecule has 168 valence electrons. The smallest absolute Gasteiger partial charge is 0.317 e. The number of hydrogen-bond acceptors (Lipinski definition) is 5. The number of carbonyl (C=O) groups is 1. The number of benzene rings is 2. The van der Waals surface area contributed by atoms with Crippen LogP contribution in [0.5, 0.6) is 5.75 Å². The third-order valence-electron chi connectivity index (χ3n) is 5.48. The molecule has 0 aliphatic carbocycles. The zero-order valence-electron chi connectivity index (χ0n) is 17.9. The second-order valence-electron chi connectivity index (χ2n) is 7.46. The SMILES string of the molecule is COc1cc(N2CCN(C(=O)NCc3c(F)cccc3F)CC2)ccc1-c1cnc(C)o1. The quantitative estimate of drug-likeness (QED) is 0.648. The number of methoxy groups -OCH3 is 1. The maximum absolute atomic E-state index is 13.8. The summed E-state index contributed by atoms with van der Waals surface area (Å²) in [6.45, 7) is 3.79. The van der Waals surface area contributed by atoms with Crippen LogP contribution in [0.25, 0.3) is 11.3 Å². The Balaban J connectivity index is 1.36. The standard InChI is InChI=1S/C23H24F2N4O3/c1-15-26-14-22(32-15)17-7-6-16(12-21(17)31-2)28-8-10-29(11-9-28)23(30)27-13-18-19(24)4-3-5-20(18)25/h3-7,12,14H,8-11,13H2,1-2H3,(H,27,30). The van der Waals surface area contributed by atoms with Crippen molar-refractivity contribution < 1.29 is 22.7 Å². The van der Waals surface area contributed by atoms with Crippen LogP contribution < -0.4 is 15.0 Å². The lowest BCUT2D eigenvalue weighted by molar-refractivity contribution is 0.193. The molecule has 2 amide bonds. The van der Waals surface area contributed by atoms with Gasteiger partial charge in [0.05, 0.1) is 25.4 Å². The van der Waals surface area contributed by atoms with E-state index >= 15 is 0 Å². The van der Waals surface area contributed by atoms with E-state index in [4.69, 9.17) is 9.15 Å². The fraction of sp³-hybridized carbons (Fsp3) is 0.304. The first-order valence-electron chi connectivity index (χ1n) is 10.3. The van der Waals surface area contributed by atoms with Crippen molar-refractivity contribution in [3.63, 3.8) is 0 Å². The number of rotatable bonds is 5. The van der Waals surface area contributed by atoms with Crippen LogP contribution in [0.1, 0.15) is 11.5 Å². The summed E-state index contributed by atoms with van der Waals surface area (Å²) in [4.78, 5) is 20.4. The highest BCUT2D eigenvalue weighted by atomic mass is 19.1. The van der Waals surface area contributed by atoms with E-state index < -0.39 is 11.6 Å². The van der Waals surface area contributed by atoms with Crippen LogP contribution in [0, 0.1) is 18.6 Å². The van der Waals surface area contributed by atoms with Gasteiger partial charge in [-0.3, -0.25) is 0 Å². The number of amides is 2. The van der Waals surface area contributed by atoms with E-state index in [0.29, 0.717) is 43.6 Å². The van der Waals surface area contributed by atoms with Crippen LogP contribution >= 0.6 is 0 Å². The van der Waals surface area contributed by atoms with Crippen LogP contribution in [0.15, 0.2) is 47.0 Å². The average Bonchev–Trinajstić information content (AvgIpc) is 3.24. The molecule has 1 saturated heterocycles. The summed E-state index contributed by atoms with van der Waals surface area (Å²) >= 11 is 0. The monoisotopic (exact) mass is 442 g/mol. The second kappa shape index (κ2) is 9.25. The number of urea groups is 1. The minimum absolute atomic E-state index is 0.145. The molecule has 0 bridgehead atoms. The maximum Gasteiger partial charge on any atom is 0.317 e. The number of halogens is 2. The van der Waals surface area contributed by atoms with Gasteiger partial charge in [-0.25, -0.2) is 18.6 Å². The van der Waals surface area contributed by atoms with Gasteiger partial charge in [0, 0.05) is 50.4 Å². The van der Waals surface area contributed by atoms with Crippen molar-refractivity contribution in [3.05, 3.63) is 65.7 Å². The number of piperazine rings is 1. The molecule has 32 heavy (non-hydrogen) atoms. The molecule has 2 heterocycles. The Hall–Kier alpha value is -3.62. The summed E-state index contributed by atoms with van der Waals surface area (Å²) in [6.07, 6.45) is 1.66. The molecule has 1 aromatic heterocycles. The number of hydrogen-bond donors (Lipinski definition) is 1. The number of carbonyl (C=O) groups excluding carboxylic acids is 1. The molecular weight excluding hydrogens is 418 g/mol. The van der Waals surface area contributed by atoms with Gasteiger partial charge in [-0.1, -0.05) is 6.07 Å². The van der Waals surface area contributed by atoms with Gasteiger partial charge in [0.25, 0.3) is 0 Å². The molecule has 0 atom stereocenters. The van der Waals surface area contributed by atoms with Gasteiger partial charge in [0.1, 0.15) is 17.4 Å². The van der Waals surface area contributed by atoms with Gasteiger partial charge >= 0.3 is 6.03 Å². The predicted octanol–water partition coefficient (Wildman–Crippen LogP) is 3.97. The molecule has 3 aromatic rings. The number of aromatic nitrogens is 1. The largest absolute Gasteiger partial charge is 0.496 e. The molecule has 0 saturated carbocycles. The molecule has 7 nitrogen and oxygen atoms in total. The lowest BCUT2D eigenvalue weighted by atomic mass is 10.1. The van der Waals surface area contributed by atoms with E-state index in [-0.39, 0.29) is 18.1 Å². The van der Waals surface area contributed by atoms with E-state index in [1.54, 1.807) is 25.1 Å². The van der Waals surface area contributed by atoms with Crippen molar-refractivity contribution in [2.75, 3.05) is 38.2 Å². The number of oxazole rings is 1. The molecular formula is C23H24F2N4O3. The molecule has 0 unspecified atom stereocenters. The molecule has 1 fully saturated rings. The van der Waals surface area contributed by atoms with Crippen LogP contribution in [-0.2, 0) is 6.54 Å². The minimum Gasteiger partial charge on any atom is -0.496 e. The van der Waals surface area contributed by atoms with Crippen LogP contribution in [0.4, 0.5) is 19.3 Å². The lowest BCUT2D eigenvalue weighted by Gasteiger charge is -2.36. The van der Waals surface area contributed by atoms with Gasteiger partial charge < -0.3 is 24.3 Å². The van der Waals surface area contributed by atoms with Crippen molar-refractivity contribution in [1.82, 2.24) is 15.2 Å². The van der Waals surface area contributed by atoms with E-state index in [1.165, 1.54) is 18.2 Å². The van der Waals surface area contributed by atoms with E-state index in [0.717, 1.165) is 11.3 Å². The van der Waals surface area contributed by atoms with Crippen molar-refractivity contribution in [2.45, 2.75) is 13.5 Å². The zero-order valence-corrected chi connectivity index (χ0v) is 17.9. The van der Waals surface area contributed by atoms with Crippen molar-refractivity contribution in [2.24, 2.45) is 0 Å². The first kappa shape index (κ1) is 21.6. The zero-order chi connectivity index (χ0) is 22.7. The van der Waals surface area contributed by atoms with Crippen LogP contribution in [0.3, 0.4) is 0 Å². The summed E-state index contributed by atoms with van der Waals surface area (Å²) in [6, 6.07) is 9.13. The number of anilines is 1. The second-order valence-corrected chi connectivity index (χ2v) is 7.46. The Labute approximate surface area is 184 Å². The average molecular weight is 442 g/mol. The van der Waals surface area contributed by atoms with E-state index in [9.17, 15) is 13.6 Å². The molecule has 9 heteroatoms. The highest BCUT2D eigenvalue weighted by molar-refractivity contribution is 5.75. The van der Waals surface area contributed by atoms with Gasteiger partial charge in [-0.2, -0.15) is 0 Å². The van der Waals surface area contributed by atoms with Gasteiger partial charge in [0.15, 0.2) is 11.7 Å². The molecule has 0 spiro atoms. The Kier molecular flexibility index (Phi) is 6.25. The molecule has 1 aliphatic heterocycles. The Morgan fingerprint density at radius 3 is 2.50 bits per heavy atom. The summed E-state index contributed by atoms with van der Waals surface area (Å²) in [5.41, 5.74) is 1.64. The first-order chi connectivity index (χ1) is 15.5. The third-order valence-corrected chi connectivity index (χ3v) is 5.48. The molecule has 2 aromatic carbocycles. The van der Waals surface area contributed by atoms with Gasteiger partial charge in [-0.05, 0) is 24.3 Å². The summed E-state index contributed by atoms with van der Waals surface area (Å²) in [5.74, 6) is 0.545. The lowest BCUT2D eigenvalue weighted by Crippen LogP contribution is -2.51. The van der Waals surface area contributed by atoms with Crippen LogP contribution in [0.2, 0.25) is 0 Å². The Morgan fingerprint density at radius 1 is 1.16 bits per heavy atom. The summed E-state index contributed by atoms with van der Waals surface area (Å²) in [7, 11) is 1.60. The molecule has 1 N–H and O–H groups in total. The van der Waals surface area contributed by atoms with E-state index in [1.807, 2.05) is 18.2 Å². The molecule has 0 radical (unpaired) electrons. The van der Waals surface area contributed by atoms with Gasteiger partial charge in [-0.15, -0.1) is 0 Å². The summed E-state index contributed by atoms with van der Waals surface area (Å²) in [5, 5.41) is 2.60. The van der Waals surface area contributed by atoms with Crippen molar-refractivity contribution in [3.8, 4) is 17.1 Å². The molecule has 4 rings (SSSR count). The van der Waals surface area contributed by atoms with Crippen molar-refractivity contribution >= 4 is 11.7 Å². The number of nitrogens with zero attached hydrogens (tertiary/aromatic N) is 3. The fourth-order valence-corrected chi connectivity index (χ4v) is 3.71. The third kappa shape index (κ3) is 4.51. The predicted molar refractivity (Wildman–Crippen MR) is 116 cm³/mol. The van der Waals surface area contributed by atoms with E-state index in [2.05, 4.69) is 15.2 Å². The highest BCUT2D eigenvalue weighted by Crippen LogP contribution is 2.34.